The Morgan fingerprint density at radius 1 is 1.02 bits per heavy atom. The van der Waals surface area contributed by atoms with E-state index in [4.69, 9.17) is 9.47 Å². The highest BCUT2D eigenvalue weighted by atomic mass is 19.4. The molecule has 0 fully saturated rings. The van der Waals surface area contributed by atoms with Crippen LogP contribution in [0.4, 0.5) is 23.7 Å². The fourth-order valence-electron chi connectivity index (χ4n) is 4.81. The molecule has 222 valence electrons. The van der Waals surface area contributed by atoms with Gasteiger partial charge in [0.05, 0.1) is 5.56 Å². The number of aldehydes is 1. The summed E-state index contributed by atoms with van der Waals surface area (Å²) in [5.41, 5.74) is 0.852. The molecule has 0 aliphatic carbocycles. The van der Waals surface area contributed by atoms with Crippen LogP contribution in [0.15, 0.2) is 66.7 Å². The van der Waals surface area contributed by atoms with E-state index >= 15 is 0 Å². The first-order chi connectivity index (χ1) is 19.8. The third-order valence-corrected chi connectivity index (χ3v) is 6.85. The first kappa shape index (κ1) is 30.6. The molecule has 7 nitrogen and oxygen atoms in total. The van der Waals surface area contributed by atoms with Gasteiger partial charge in [0, 0.05) is 25.7 Å². The van der Waals surface area contributed by atoms with Crippen LogP contribution in [0.5, 0.6) is 5.75 Å². The minimum absolute atomic E-state index is 0.0817. The van der Waals surface area contributed by atoms with Gasteiger partial charge in [-0.15, -0.1) is 0 Å². The van der Waals surface area contributed by atoms with Crippen LogP contribution in [0.25, 0.3) is 11.1 Å². The highest BCUT2D eigenvalue weighted by Gasteiger charge is 2.36. The maximum Gasteiger partial charge on any atom is 0.417 e. The van der Waals surface area contributed by atoms with Crippen molar-refractivity contribution in [3.8, 4) is 16.9 Å². The molecule has 2 amide bonds. The second-order valence-corrected chi connectivity index (χ2v) is 11.1. The van der Waals surface area contributed by atoms with E-state index in [9.17, 15) is 27.6 Å². The van der Waals surface area contributed by atoms with E-state index in [-0.39, 0.29) is 18.6 Å². The van der Waals surface area contributed by atoms with E-state index in [0.29, 0.717) is 41.8 Å². The minimum Gasteiger partial charge on any atom is -0.489 e. The highest BCUT2D eigenvalue weighted by molar-refractivity contribution is 6.01. The van der Waals surface area contributed by atoms with Gasteiger partial charge in [0.15, 0.2) is 0 Å². The second-order valence-electron chi connectivity index (χ2n) is 11.1. The number of ether oxygens (including phenoxy) is 2. The lowest BCUT2D eigenvalue weighted by Crippen LogP contribution is -2.50. The number of nitrogens with zero attached hydrogens (tertiary/aromatic N) is 2. The molecule has 0 spiro atoms. The molecule has 0 saturated carbocycles. The molecule has 1 aliphatic heterocycles. The summed E-state index contributed by atoms with van der Waals surface area (Å²) < 4.78 is 52.8. The summed E-state index contributed by atoms with van der Waals surface area (Å²) in [7, 11) is 1.42. The van der Waals surface area contributed by atoms with Crippen molar-refractivity contribution in [2.75, 3.05) is 18.5 Å². The maximum absolute atomic E-state index is 13.9. The van der Waals surface area contributed by atoms with E-state index < -0.39 is 35.4 Å². The summed E-state index contributed by atoms with van der Waals surface area (Å²) in [6.07, 6.45) is -4.34. The van der Waals surface area contributed by atoms with Gasteiger partial charge < -0.3 is 19.2 Å². The highest BCUT2D eigenvalue weighted by Crippen LogP contribution is 2.38. The topological polar surface area (TPSA) is 76.2 Å². The number of carbonyl (C=O) groups is 3. The number of hydrogen-bond acceptors (Lipinski definition) is 5. The lowest BCUT2D eigenvalue weighted by Gasteiger charge is -2.31. The van der Waals surface area contributed by atoms with Crippen LogP contribution in [0.3, 0.4) is 0 Å². The summed E-state index contributed by atoms with van der Waals surface area (Å²) in [4.78, 5) is 40.0. The summed E-state index contributed by atoms with van der Waals surface area (Å²) in [6, 6.07) is 16.6. The van der Waals surface area contributed by atoms with Crippen molar-refractivity contribution in [3.63, 3.8) is 0 Å². The zero-order valence-electron chi connectivity index (χ0n) is 23.9. The van der Waals surface area contributed by atoms with Gasteiger partial charge in [0.2, 0.25) is 5.91 Å². The fourth-order valence-corrected chi connectivity index (χ4v) is 4.81. The Labute approximate surface area is 242 Å². The molecule has 42 heavy (non-hydrogen) atoms. The van der Waals surface area contributed by atoms with Crippen molar-refractivity contribution < 1.29 is 37.0 Å². The average Bonchev–Trinajstić information content (AvgIpc) is 3.36. The van der Waals surface area contributed by atoms with E-state index in [1.165, 1.54) is 18.0 Å². The van der Waals surface area contributed by atoms with Gasteiger partial charge in [-0.3, -0.25) is 9.69 Å². The number of likely N-dealkylation sites (N-methyl/N-ethyl adjacent to an activating group) is 1. The van der Waals surface area contributed by atoms with Gasteiger partial charge in [0.25, 0.3) is 0 Å². The van der Waals surface area contributed by atoms with Gasteiger partial charge in [-0.1, -0.05) is 42.5 Å². The van der Waals surface area contributed by atoms with E-state index in [1.807, 2.05) is 0 Å². The van der Waals surface area contributed by atoms with Crippen molar-refractivity contribution >= 4 is 24.0 Å². The van der Waals surface area contributed by atoms with Crippen molar-refractivity contribution in [2.24, 2.45) is 0 Å². The van der Waals surface area contributed by atoms with Gasteiger partial charge in [-0.2, -0.15) is 13.2 Å². The van der Waals surface area contributed by atoms with Crippen molar-refractivity contribution in [3.05, 3.63) is 83.4 Å². The minimum atomic E-state index is -4.54. The molecule has 0 N–H and O–H groups in total. The standard InChI is InChI=1S/C32H33F3N2O5/c1-31(2,3)42-30(40)36(4)28(15-17-38)29(39)37-16-14-23-19-24(11-13-27(23)37)41-20-21-10-12-25(22-8-6-5-7-9-22)26(18-21)32(33,34)35/h5-13,17-19,28H,14-16,20H2,1-4H3. The third-order valence-electron chi connectivity index (χ3n) is 6.85. The van der Waals surface area contributed by atoms with Crippen LogP contribution in [0.1, 0.15) is 43.9 Å². The summed E-state index contributed by atoms with van der Waals surface area (Å²) in [6.45, 7) is 5.38. The molecule has 4 rings (SSSR count). The van der Waals surface area contributed by atoms with Crippen molar-refractivity contribution in [2.45, 2.75) is 58.0 Å². The van der Waals surface area contributed by atoms with Crippen LogP contribution in [0, 0.1) is 0 Å². The Morgan fingerprint density at radius 3 is 2.38 bits per heavy atom. The number of benzene rings is 3. The zero-order valence-corrected chi connectivity index (χ0v) is 23.9. The average molecular weight is 583 g/mol. The Bertz CT molecular complexity index is 1450. The Kier molecular flexibility index (Phi) is 8.94. The predicted octanol–water partition coefficient (Wildman–Crippen LogP) is 6.67. The quantitative estimate of drug-likeness (QED) is 0.278. The zero-order chi connectivity index (χ0) is 30.7. The van der Waals surface area contributed by atoms with Gasteiger partial charge in [-0.05, 0) is 73.7 Å². The molecule has 0 aromatic heterocycles. The van der Waals surface area contributed by atoms with Gasteiger partial charge >= 0.3 is 12.3 Å². The van der Waals surface area contributed by atoms with E-state index in [1.54, 1.807) is 75.4 Å². The second kappa shape index (κ2) is 12.3. The summed E-state index contributed by atoms with van der Waals surface area (Å²) in [5, 5.41) is 0. The molecule has 0 saturated heterocycles. The van der Waals surface area contributed by atoms with Crippen molar-refractivity contribution in [1.29, 1.82) is 0 Å². The first-order valence-electron chi connectivity index (χ1n) is 13.5. The van der Waals surface area contributed by atoms with E-state index in [2.05, 4.69) is 0 Å². The molecule has 10 heteroatoms. The van der Waals surface area contributed by atoms with Gasteiger partial charge in [0.1, 0.15) is 30.3 Å². The summed E-state index contributed by atoms with van der Waals surface area (Å²) in [5.74, 6) is 0.0279. The summed E-state index contributed by atoms with van der Waals surface area (Å²) >= 11 is 0. The number of hydrogen-bond donors (Lipinski definition) is 0. The number of carbonyl (C=O) groups excluding carboxylic acids is 3. The van der Waals surface area contributed by atoms with Gasteiger partial charge in [-0.25, -0.2) is 4.79 Å². The molecule has 1 unspecified atom stereocenters. The van der Waals surface area contributed by atoms with E-state index in [0.717, 1.165) is 16.5 Å². The molecule has 3 aromatic rings. The lowest BCUT2D eigenvalue weighted by molar-refractivity contribution is -0.137. The van der Waals surface area contributed by atoms with Crippen LogP contribution in [-0.4, -0.2) is 48.4 Å². The number of rotatable bonds is 8. The lowest BCUT2D eigenvalue weighted by atomic mass is 9.97. The van der Waals surface area contributed by atoms with Crippen LogP contribution < -0.4 is 9.64 Å². The number of halogens is 3. The molecule has 1 aliphatic rings. The number of fused-ring (bicyclic) bond motifs is 1. The van der Waals surface area contributed by atoms with Crippen LogP contribution >= 0.6 is 0 Å². The Balaban J connectivity index is 1.48. The normalized spacial score (nSPS) is 13.7. The molecule has 1 atom stereocenters. The smallest absolute Gasteiger partial charge is 0.417 e. The Hall–Kier alpha value is -4.34. The monoisotopic (exact) mass is 582 g/mol. The largest absolute Gasteiger partial charge is 0.489 e. The number of anilines is 1. The fraction of sp³-hybridized carbons (Fsp3) is 0.344. The Morgan fingerprint density at radius 2 is 1.74 bits per heavy atom. The number of alkyl halides is 3. The third kappa shape index (κ3) is 7.10. The molecular formula is C32H33F3N2O5. The SMILES string of the molecule is CN(C(=O)OC(C)(C)C)C(CC=O)C(=O)N1CCc2cc(OCc3ccc(-c4ccccc4)c(C(F)(F)F)c3)ccc21. The molecule has 3 aromatic carbocycles. The molecular weight excluding hydrogens is 549 g/mol. The molecule has 0 bridgehead atoms. The first-order valence-corrected chi connectivity index (χ1v) is 13.5. The molecule has 1 heterocycles. The maximum atomic E-state index is 13.9. The van der Waals surface area contributed by atoms with Crippen molar-refractivity contribution in [1.82, 2.24) is 4.90 Å². The van der Waals surface area contributed by atoms with Crippen LogP contribution in [0.2, 0.25) is 0 Å². The number of amides is 2. The predicted molar refractivity (Wildman–Crippen MR) is 152 cm³/mol. The van der Waals surface area contributed by atoms with Crippen LogP contribution in [-0.2, 0) is 33.5 Å². The molecule has 0 radical (unpaired) electrons.